The third kappa shape index (κ3) is 4.93. The van der Waals surface area contributed by atoms with Gasteiger partial charge in [0.05, 0.1) is 17.7 Å². The number of pyridine rings is 1. The minimum atomic E-state index is -0.308. The zero-order chi connectivity index (χ0) is 19.2. The number of halogens is 1. The number of nitrogens with two attached hydrogens (primary N) is 2. The molecule has 0 spiro atoms. The third-order valence-electron chi connectivity index (χ3n) is 4.64. The van der Waals surface area contributed by atoms with Crippen LogP contribution in [0.2, 0.25) is 0 Å². The van der Waals surface area contributed by atoms with Gasteiger partial charge in [-0.25, -0.2) is 4.79 Å². The number of esters is 1. The van der Waals surface area contributed by atoms with Gasteiger partial charge >= 0.3 is 5.97 Å². The Morgan fingerprint density at radius 2 is 1.71 bits per heavy atom. The number of para-hydroxylation sites is 1. The molecule has 0 atom stereocenters. The summed E-state index contributed by atoms with van der Waals surface area (Å²) in [4.78, 5) is 15.8. The second kappa shape index (κ2) is 9.95. The van der Waals surface area contributed by atoms with E-state index in [1.165, 1.54) is 24.1 Å². The summed E-state index contributed by atoms with van der Waals surface area (Å²) >= 11 is 0. The van der Waals surface area contributed by atoms with Crippen LogP contribution in [0.3, 0.4) is 0 Å². The van der Waals surface area contributed by atoms with E-state index in [-0.39, 0.29) is 18.4 Å². The molecule has 3 aromatic rings. The van der Waals surface area contributed by atoms with Gasteiger partial charge in [-0.1, -0.05) is 18.2 Å². The van der Waals surface area contributed by atoms with E-state index in [4.69, 9.17) is 21.2 Å². The number of carbonyl (C=O) groups is 1. The number of hydrogen-bond donors (Lipinski definition) is 2. The van der Waals surface area contributed by atoms with Crippen molar-refractivity contribution in [1.82, 2.24) is 4.98 Å². The van der Waals surface area contributed by atoms with Crippen molar-refractivity contribution < 1.29 is 9.53 Å². The molecule has 0 bridgehead atoms. The summed E-state index contributed by atoms with van der Waals surface area (Å²) in [5, 5.41) is 1.11. The van der Waals surface area contributed by atoms with E-state index >= 15 is 0 Å². The summed E-state index contributed by atoms with van der Waals surface area (Å²) in [6, 6.07) is 14.8. The van der Waals surface area contributed by atoms with Crippen LogP contribution in [0.1, 0.15) is 41.4 Å². The van der Waals surface area contributed by atoms with Gasteiger partial charge in [-0.2, -0.15) is 0 Å². The molecule has 0 amide bonds. The highest BCUT2D eigenvalue weighted by Crippen LogP contribution is 2.30. The third-order valence-corrected chi connectivity index (χ3v) is 4.64. The molecule has 0 saturated heterocycles. The van der Waals surface area contributed by atoms with Crippen LogP contribution in [-0.4, -0.2) is 17.6 Å². The van der Waals surface area contributed by atoms with Crippen LogP contribution >= 0.6 is 12.4 Å². The summed E-state index contributed by atoms with van der Waals surface area (Å²) in [7, 11) is 0. The first-order valence-electron chi connectivity index (χ1n) is 9.28. The Morgan fingerprint density at radius 1 is 1.04 bits per heavy atom. The molecule has 1 aliphatic carbocycles. The van der Waals surface area contributed by atoms with Crippen molar-refractivity contribution in [3.05, 3.63) is 65.4 Å². The molecule has 4 N–H and O–H groups in total. The maximum atomic E-state index is 11.1. The fourth-order valence-electron chi connectivity index (χ4n) is 3.24. The summed E-state index contributed by atoms with van der Waals surface area (Å²) in [5.41, 5.74) is 17.3. The fourth-order valence-corrected chi connectivity index (χ4v) is 3.24. The normalized spacial score (nSPS) is 12.2. The van der Waals surface area contributed by atoms with E-state index in [1.54, 1.807) is 31.2 Å². The average molecular weight is 400 g/mol. The van der Waals surface area contributed by atoms with Crippen molar-refractivity contribution in [2.45, 2.75) is 32.6 Å². The predicted molar refractivity (Wildman–Crippen MR) is 117 cm³/mol. The van der Waals surface area contributed by atoms with Gasteiger partial charge in [0.25, 0.3) is 0 Å². The topological polar surface area (TPSA) is 91.2 Å². The first kappa shape index (κ1) is 21.5. The molecule has 0 fully saturated rings. The predicted octanol–water partition coefficient (Wildman–Crippen LogP) is 4.56. The largest absolute Gasteiger partial charge is 0.462 e. The second-order valence-electron chi connectivity index (χ2n) is 6.52. The van der Waals surface area contributed by atoms with Crippen LogP contribution in [0.25, 0.3) is 10.9 Å². The van der Waals surface area contributed by atoms with Gasteiger partial charge < -0.3 is 16.2 Å². The number of ether oxygens (including phenoxy) is 1. The van der Waals surface area contributed by atoms with E-state index in [2.05, 4.69) is 6.07 Å². The number of hydrogen-bond acceptors (Lipinski definition) is 5. The second-order valence-corrected chi connectivity index (χ2v) is 6.52. The molecular weight excluding hydrogens is 374 g/mol. The number of rotatable bonds is 2. The average Bonchev–Trinajstić information content (AvgIpc) is 2.69. The van der Waals surface area contributed by atoms with Gasteiger partial charge in [0.2, 0.25) is 0 Å². The lowest BCUT2D eigenvalue weighted by Gasteiger charge is -2.18. The van der Waals surface area contributed by atoms with Crippen molar-refractivity contribution >= 4 is 40.7 Å². The molecule has 0 aliphatic heterocycles. The first-order chi connectivity index (χ1) is 13.1. The van der Waals surface area contributed by atoms with E-state index in [9.17, 15) is 4.79 Å². The molecule has 1 aliphatic rings. The van der Waals surface area contributed by atoms with Gasteiger partial charge in [-0.05, 0) is 68.5 Å². The molecule has 0 unspecified atom stereocenters. The van der Waals surface area contributed by atoms with Crippen LogP contribution in [-0.2, 0) is 17.6 Å². The molecular formula is C22H26ClN3O2. The Hall–Kier alpha value is -2.79. The minimum absolute atomic E-state index is 0. The number of aryl methyl sites for hydroxylation is 1. The number of aromatic nitrogens is 1. The zero-order valence-electron chi connectivity index (χ0n) is 16.0. The zero-order valence-corrected chi connectivity index (χ0v) is 16.8. The number of carbonyl (C=O) groups excluding carboxylic acids is 1. The highest BCUT2D eigenvalue weighted by molar-refractivity contribution is 5.92. The smallest absolute Gasteiger partial charge is 0.338 e. The van der Waals surface area contributed by atoms with Gasteiger partial charge in [0.1, 0.15) is 0 Å². The molecule has 1 aromatic heterocycles. The first-order valence-corrected chi connectivity index (χ1v) is 9.28. The van der Waals surface area contributed by atoms with Gasteiger partial charge in [0, 0.05) is 22.5 Å². The van der Waals surface area contributed by atoms with Crippen LogP contribution in [0.4, 0.5) is 11.4 Å². The summed E-state index contributed by atoms with van der Waals surface area (Å²) in [6.45, 7) is 2.17. The maximum Gasteiger partial charge on any atom is 0.338 e. The summed E-state index contributed by atoms with van der Waals surface area (Å²) in [6.07, 6.45) is 4.68. The lowest BCUT2D eigenvalue weighted by molar-refractivity contribution is 0.0526. The van der Waals surface area contributed by atoms with Crippen LogP contribution in [0.15, 0.2) is 48.5 Å². The lowest BCUT2D eigenvalue weighted by atomic mass is 9.93. The highest BCUT2D eigenvalue weighted by Gasteiger charge is 2.15. The highest BCUT2D eigenvalue weighted by atomic mass is 35.5. The van der Waals surface area contributed by atoms with Crippen LogP contribution in [0.5, 0.6) is 0 Å². The van der Waals surface area contributed by atoms with E-state index < -0.39 is 0 Å². The molecule has 28 heavy (non-hydrogen) atoms. The molecule has 0 saturated carbocycles. The molecule has 148 valence electrons. The van der Waals surface area contributed by atoms with Crippen LogP contribution < -0.4 is 11.5 Å². The Labute approximate surface area is 171 Å². The van der Waals surface area contributed by atoms with Gasteiger partial charge in [0.15, 0.2) is 0 Å². The summed E-state index contributed by atoms with van der Waals surface area (Å²) < 4.78 is 4.79. The van der Waals surface area contributed by atoms with E-state index in [1.807, 2.05) is 18.2 Å². The van der Waals surface area contributed by atoms with Crippen molar-refractivity contribution in [1.29, 1.82) is 0 Å². The molecule has 6 heteroatoms. The van der Waals surface area contributed by atoms with Gasteiger partial charge in [-0.3, -0.25) is 4.98 Å². The maximum absolute atomic E-state index is 11.1. The number of fused-ring (bicyclic) bond motifs is 2. The number of nitrogen functional groups attached to an aromatic ring is 2. The Bertz CT molecular complexity index is 942. The fraction of sp³-hybridized carbons (Fsp3) is 0.273. The monoisotopic (exact) mass is 399 g/mol. The molecule has 0 radical (unpaired) electrons. The van der Waals surface area contributed by atoms with Crippen molar-refractivity contribution in [3.63, 3.8) is 0 Å². The van der Waals surface area contributed by atoms with E-state index in [0.29, 0.717) is 17.9 Å². The minimum Gasteiger partial charge on any atom is -0.462 e. The Morgan fingerprint density at radius 3 is 2.43 bits per heavy atom. The van der Waals surface area contributed by atoms with Gasteiger partial charge in [-0.15, -0.1) is 12.4 Å². The van der Waals surface area contributed by atoms with Crippen molar-refractivity contribution in [2.24, 2.45) is 0 Å². The number of benzene rings is 2. The molecule has 4 rings (SSSR count). The SMILES string of the molecule is CCOC(=O)c1ccc(N)cc1.Cl.Nc1c2c(nc3ccccc13)CCCC2. The summed E-state index contributed by atoms with van der Waals surface area (Å²) in [5.74, 6) is -0.308. The Kier molecular flexibility index (Phi) is 7.64. The number of nitrogens with zero attached hydrogens (tertiary/aromatic N) is 1. The lowest BCUT2D eigenvalue weighted by Crippen LogP contribution is -2.09. The quantitative estimate of drug-likeness (QED) is 0.486. The molecule has 5 nitrogen and oxygen atoms in total. The standard InChI is InChI=1S/C13H14N2.C9H11NO2.ClH/c14-13-9-5-1-3-7-11(9)15-12-8-4-2-6-10(12)13;1-2-12-9(11)7-3-5-8(10)6-4-7;/h1,3,5,7H,2,4,6,8H2,(H2,14,15);3-6H,2,10H2,1H3;1H. The Balaban J connectivity index is 0.000000199. The molecule has 1 heterocycles. The van der Waals surface area contributed by atoms with Crippen molar-refractivity contribution in [2.75, 3.05) is 18.1 Å². The van der Waals surface area contributed by atoms with E-state index in [0.717, 1.165) is 29.4 Å². The number of anilines is 2. The van der Waals surface area contributed by atoms with Crippen LogP contribution in [0, 0.1) is 0 Å². The van der Waals surface area contributed by atoms with Crippen molar-refractivity contribution in [3.8, 4) is 0 Å². The molecule has 2 aromatic carbocycles.